The first-order chi connectivity index (χ1) is 12.8. The van der Waals surface area contributed by atoms with Gasteiger partial charge in [-0.15, -0.1) is 24.0 Å². The van der Waals surface area contributed by atoms with Crippen LogP contribution < -0.4 is 5.32 Å². The van der Waals surface area contributed by atoms with Gasteiger partial charge in [0.25, 0.3) is 0 Å². The molecule has 0 bridgehead atoms. The van der Waals surface area contributed by atoms with E-state index in [1.807, 2.05) is 56.9 Å². The molecule has 6 nitrogen and oxygen atoms in total. The van der Waals surface area contributed by atoms with Crippen molar-refractivity contribution >= 4 is 29.9 Å². The van der Waals surface area contributed by atoms with Gasteiger partial charge in [0, 0.05) is 38.9 Å². The maximum absolute atomic E-state index is 10.5. The van der Waals surface area contributed by atoms with Gasteiger partial charge in [-0.3, -0.25) is 9.67 Å². The molecule has 7 heteroatoms. The fourth-order valence-electron chi connectivity index (χ4n) is 3.03. The van der Waals surface area contributed by atoms with E-state index in [2.05, 4.69) is 40.4 Å². The molecule has 0 aliphatic heterocycles. The highest BCUT2D eigenvalue weighted by Gasteiger charge is 2.15. The van der Waals surface area contributed by atoms with Crippen LogP contribution in [0.25, 0.3) is 0 Å². The molecule has 0 saturated carbocycles. The van der Waals surface area contributed by atoms with Crippen LogP contribution in [-0.4, -0.2) is 45.9 Å². The number of guanidine groups is 1. The molecule has 0 aliphatic carbocycles. The normalized spacial score (nSPS) is 12.6. The van der Waals surface area contributed by atoms with Crippen molar-refractivity contribution in [2.75, 3.05) is 20.1 Å². The minimum absolute atomic E-state index is 0. The van der Waals surface area contributed by atoms with Crippen LogP contribution in [0.5, 0.6) is 0 Å². The molecule has 0 radical (unpaired) electrons. The van der Waals surface area contributed by atoms with E-state index in [1.165, 1.54) is 11.1 Å². The molecule has 0 spiro atoms. The van der Waals surface area contributed by atoms with Gasteiger partial charge < -0.3 is 15.3 Å². The smallest absolute Gasteiger partial charge is 0.194 e. The first-order valence-electron chi connectivity index (χ1n) is 9.58. The zero-order valence-electron chi connectivity index (χ0n) is 17.8. The highest BCUT2D eigenvalue weighted by Crippen LogP contribution is 2.19. The molecule has 2 aromatic rings. The van der Waals surface area contributed by atoms with Crippen LogP contribution in [0.15, 0.2) is 35.5 Å². The minimum Gasteiger partial charge on any atom is -0.386 e. The summed E-state index contributed by atoms with van der Waals surface area (Å²) in [5.74, 6) is 1.15. The lowest BCUT2D eigenvalue weighted by atomic mass is 10.1. The third kappa shape index (κ3) is 6.77. The van der Waals surface area contributed by atoms with Crippen molar-refractivity contribution in [3.63, 3.8) is 0 Å². The van der Waals surface area contributed by atoms with Crippen LogP contribution in [0.1, 0.15) is 55.2 Å². The summed E-state index contributed by atoms with van der Waals surface area (Å²) in [5, 5.41) is 18.3. The molecular formula is C21H34IN5O. The number of aliphatic imine (C=N–C) groups is 1. The van der Waals surface area contributed by atoms with Gasteiger partial charge in [0.05, 0.1) is 18.3 Å². The standard InChI is InChI=1S/C21H33N5O.HI/c1-7-22-21(23-12-19(27)17-10-8-16(4)9-11-17)25(5)13-18-14-26(6)24-20(18)15(2)3;/h8-11,14-15,19,27H,7,12-13H2,1-6H3,(H,22,23);1H. The van der Waals surface area contributed by atoms with Crippen molar-refractivity contribution < 1.29 is 5.11 Å². The van der Waals surface area contributed by atoms with Crippen LogP contribution in [0.2, 0.25) is 0 Å². The molecule has 0 saturated heterocycles. The van der Waals surface area contributed by atoms with Crippen molar-refractivity contribution in [1.29, 1.82) is 0 Å². The van der Waals surface area contributed by atoms with Crippen LogP contribution in [0, 0.1) is 6.92 Å². The Balaban J connectivity index is 0.00000392. The number of hydrogen-bond acceptors (Lipinski definition) is 3. The quantitative estimate of drug-likeness (QED) is 0.347. The molecule has 2 rings (SSSR count). The van der Waals surface area contributed by atoms with Gasteiger partial charge in [-0.2, -0.15) is 5.10 Å². The summed E-state index contributed by atoms with van der Waals surface area (Å²) >= 11 is 0. The number of aliphatic hydroxyl groups excluding tert-OH is 1. The first kappa shape index (κ1) is 24.4. The van der Waals surface area contributed by atoms with E-state index < -0.39 is 6.10 Å². The molecule has 1 heterocycles. The van der Waals surface area contributed by atoms with Gasteiger partial charge in [-0.05, 0) is 25.3 Å². The van der Waals surface area contributed by atoms with E-state index in [-0.39, 0.29) is 24.0 Å². The average Bonchev–Trinajstić information content (AvgIpc) is 2.99. The lowest BCUT2D eigenvalue weighted by Crippen LogP contribution is -2.39. The van der Waals surface area contributed by atoms with Crippen LogP contribution >= 0.6 is 24.0 Å². The molecule has 0 aliphatic rings. The van der Waals surface area contributed by atoms with E-state index in [1.54, 1.807) is 0 Å². The first-order valence-corrected chi connectivity index (χ1v) is 9.58. The Morgan fingerprint density at radius 1 is 1.29 bits per heavy atom. The second-order valence-corrected chi connectivity index (χ2v) is 7.35. The Hall–Kier alpha value is -1.61. The van der Waals surface area contributed by atoms with E-state index in [9.17, 15) is 5.11 Å². The molecule has 0 amide bonds. The van der Waals surface area contributed by atoms with E-state index in [4.69, 9.17) is 0 Å². The maximum Gasteiger partial charge on any atom is 0.194 e. The van der Waals surface area contributed by atoms with Gasteiger partial charge in [0.15, 0.2) is 5.96 Å². The van der Waals surface area contributed by atoms with Crippen molar-refractivity contribution in [3.8, 4) is 0 Å². The molecular weight excluding hydrogens is 465 g/mol. The average molecular weight is 499 g/mol. The van der Waals surface area contributed by atoms with Crippen LogP contribution in [-0.2, 0) is 13.6 Å². The second-order valence-electron chi connectivity index (χ2n) is 7.35. The van der Waals surface area contributed by atoms with Crippen molar-refractivity contribution in [1.82, 2.24) is 20.0 Å². The molecule has 0 fully saturated rings. The summed E-state index contributed by atoms with van der Waals surface area (Å²) in [6.07, 6.45) is 1.45. The highest BCUT2D eigenvalue weighted by atomic mass is 127. The Labute approximate surface area is 186 Å². The van der Waals surface area contributed by atoms with Gasteiger partial charge >= 0.3 is 0 Å². The lowest BCUT2D eigenvalue weighted by molar-refractivity contribution is 0.186. The summed E-state index contributed by atoms with van der Waals surface area (Å²) in [4.78, 5) is 6.72. The zero-order valence-corrected chi connectivity index (χ0v) is 20.1. The summed E-state index contributed by atoms with van der Waals surface area (Å²) in [5.41, 5.74) is 4.37. The van der Waals surface area contributed by atoms with E-state index in [0.717, 1.165) is 23.8 Å². The number of aromatic nitrogens is 2. The molecule has 1 aromatic carbocycles. The van der Waals surface area contributed by atoms with E-state index >= 15 is 0 Å². The summed E-state index contributed by atoms with van der Waals surface area (Å²) in [6.45, 7) is 10.2. The fraction of sp³-hybridized carbons (Fsp3) is 0.524. The van der Waals surface area contributed by atoms with Crippen molar-refractivity contribution in [3.05, 3.63) is 52.8 Å². The van der Waals surface area contributed by atoms with Gasteiger partial charge in [-0.1, -0.05) is 43.7 Å². The van der Waals surface area contributed by atoms with Crippen LogP contribution in [0.3, 0.4) is 0 Å². The Bertz CT molecular complexity index is 755. The maximum atomic E-state index is 10.5. The Morgan fingerprint density at radius 3 is 2.50 bits per heavy atom. The number of halogens is 1. The molecule has 1 atom stereocenters. The fourth-order valence-corrected chi connectivity index (χ4v) is 3.03. The largest absolute Gasteiger partial charge is 0.386 e. The van der Waals surface area contributed by atoms with Gasteiger partial charge in [0.2, 0.25) is 0 Å². The number of benzene rings is 1. The Kier molecular flexibility index (Phi) is 9.95. The predicted molar refractivity (Wildman–Crippen MR) is 126 cm³/mol. The second kappa shape index (κ2) is 11.4. The summed E-state index contributed by atoms with van der Waals surface area (Å²) in [6, 6.07) is 7.93. The number of aliphatic hydroxyl groups is 1. The number of rotatable bonds is 7. The molecule has 2 N–H and O–H groups in total. The van der Waals surface area contributed by atoms with Crippen LogP contribution in [0.4, 0.5) is 0 Å². The predicted octanol–water partition coefficient (Wildman–Crippen LogP) is 3.60. The molecule has 1 aromatic heterocycles. The lowest BCUT2D eigenvalue weighted by Gasteiger charge is -2.23. The molecule has 28 heavy (non-hydrogen) atoms. The summed E-state index contributed by atoms with van der Waals surface area (Å²) in [7, 11) is 3.96. The topological polar surface area (TPSA) is 65.7 Å². The van der Waals surface area contributed by atoms with Gasteiger partial charge in [0.1, 0.15) is 0 Å². The SMILES string of the molecule is CCNC(=NCC(O)c1ccc(C)cc1)N(C)Cc1cn(C)nc1C(C)C.I. The molecule has 1 unspecified atom stereocenters. The number of aryl methyl sites for hydroxylation is 2. The third-order valence-corrected chi connectivity index (χ3v) is 4.46. The zero-order chi connectivity index (χ0) is 20.0. The Morgan fingerprint density at radius 2 is 1.93 bits per heavy atom. The monoisotopic (exact) mass is 499 g/mol. The van der Waals surface area contributed by atoms with Crippen molar-refractivity contribution in [2.24, 2.45) is 12.0 Å². The van der Waals surface area contributed by atoms with E-state index in [0.29, 0.717) is 19.0 Å². The van der Waals surface area contributed by atoms with Crippen molar-refractivity contribution in [2.45, 2.75) is 46.3 Å². The number of nitrogens with zero attached hydrogens (tertiary/aromatic N) is 4. The summed E-state index contributed by atoms with van der Waals surface area (Å²) < 4.78 is 1.86. The van der Waals surface area contributed by atoms with Gasteiger partial charge in [-0.25, -0.2) is 0 Å². The number of nitrogens with one attached hydrogen (secondary N) is 1. The highest BCUT2D eigenvalue weighted by molar-refractivity contribution is 14.0. The molecule has 156 valence electrons. The number of hydrogen-bond donors (Lipinski definition) is 2. The minimum atomic E-state index is -0.614. The third-order valence-electron chi connectivity index (χ3n) is 4.46.